The molecule has 152 valence electrons. The lowest BCUT2D eigenvalue weighted by molar-refractivity contribution is 0.317. The third-order valence-electron chi connectivity index (χ3n) is 5.15. The minimum Gasteiger partial charge on any atom is -0.443 e. The van der Waals surface area contributed by atoms with Gasteiger partial charge in [-0.25, -0.2) is 13.4 Å². The maximum atomic E-state index is 13.3. The average molecular weight is 431 g/mol. The van der Waals surface area contributed by atoms with E-state index in [-0.39, 0.29) is 15.8 Å². The highest BCUT2D eigenvalue weighted by molar-refractivity contribution is 7.89. The summed E-state index contributed by atoms with van der Waals surface area (Å²) in [5, 5.41) is 0.221. The number of rotatable bonds is 5. The summed E-state index contributed by atoms with van der Waals surface area (Å²) in [5.41, 5.74) is 1.74. The first kappa shape index (κ1) is 20.1. The van der Waals surface area contributed by atoms with E-state index in [0.717, 1.165) is 23.4 Å². The molecule has 1 aromatic heterocycles. The maximum Gasteiger partial charge on any atom is 0.245 e. The van der Waals surface area contributed by atoms with Crippen LogP contribution in [0.2, 0.25) is 5.02 Å². The highest BCUT2D eigenvalue weighted by Gasteiger charge is 2.40. The van der Waals surface area contributed by atoms with Crippen molar-refractivity contribution in [1.29, 1.82) is 0 Å². The highest BCUT2D eigenvalue weighted by atomic mass is 35.5. The lowest BCUT2D eigenvalue weighted by Gasteiger charge is -2.22. The first-order valence-electron chi connectivity index (χ1n) is 9.72. The molecule has 0 bridgehead atoms. The SMILES string of the molecule is CC(C)c1oc([C@H]2CCCN2S(=O)(=O)c2ccccc2Cl)nc1-c1ccccc1. The molecule has 0 radical (unpaired) electrons. The molecule has 3 aromatic rings. The molecule has 0 N–H and O–H groups in total. The number of benzene rings is 2. The summed E-state index contributed by atoms with van der Waals surface area (Å²) in [7, 11) is -3.75. The molecule has 1 fully saturated rings. The number of oxazole rings is 1. The van der Waals surface area contributed by atoms with Crippen LogP contribution in [0, 0.1) is 0 Å². The summed E-state index contributed by atoms with van der Waals surface area (Å²) >= 11 is 6.19. The predicted molar refractivity (Wildman–Crippen MR) is 113 cm³/mol. The molecule has 0 amide bonds. The summed E-state index contributed by atoms with van der Waals surface area (Å²) in [4.78, 5) is 4.88. The van der Waals surface area contributed by atoms with Gasteiger partial charge in [-0.2, -0.15) is 4.31 Å². The Labute approximate surface area is 176 Å². The maximum absolute atomic E-state index is 13.3. The molecular weight excluding hydrogens is 408 g/mol. The van der Waals surface area contributed by atoms with Gasteiger partial charge in [0.1, 0.15) is 22.4 Å². The Balaban J connectivity index is 1.76. The van der Waals surface area contributed by atoms with Gasteiger partial charge in [0.05, 0.1) is 5.02 Å². The molecule has 0 aliphatic carbocycles. The first-order valence-corrected chi connectivity index (χ1v) is 11.5. The third-order valence-corrected chi connectivity index (χ3v) is 7.56. The lowest BCUT2D eigenvalue weighted by atomic mass is 10.0. The second-order valence-corrected chi connectivity index (χ2v) is 9.76. The molecule has 2 heterocycles. The van der Waals surface area contributed by atoms with Crippen molar-refractivity contribution in [2.45, 2.75) is 43.5 Å². The second kappa shape index (κ2) is 7.94. The van der Waals surface area contributed by atoms with Crippen molar-refractivity contribution in [3.63, 3.8) is 0 Å². The van der Waals surface area contributed by atoms with Gasteiger partial charge < -0.3 is 4.42 Å². The number of halogens is 1. The topological polar surface area (TPSA) is 63.4 Å². The lowest BCUT2D eigenvalue weighted by Crippen LogP contribution is -2.31. The van der Waals surface area contributed by atoms with Gasteiger partial charge in [-0.05, 0) is 25.0 Å². The van der Waals surface area contributed by atoms with E-state index in [2.05, 4.69) is 0 Å². The Hall–Kier alpha value is -2.15. The van der Waals surface area contributed by atoms with Crippen LogP contribution < -0.4 is 0 Å². The first-order chi connectivity index (χ1) is 13.9. The number of sulfonamides is 1. The van der Waals surface area contributed by atoms with Crippen molar-refractivity contribution in [2.75, 3.05) is 6.54 Å². The van der Waals surface area contributed by atoms with Crippen LogP contribution >= 0.6 is 11.6 Å². The van der Waals surface area contributed by atoms with Gasteiger partial charge in [0.15, 0.2) is 0 Å². The molecule has 4 rings (SSSR count). The zero-order valence-electron chi connectivity index (χ0n) is 16.4. The molecule has 2 aromatic carbocycles. The van der Waals surface area contributed by atoms with Gasteiger partial charge in [0.2, 0.25) is 15.9 Å². The molecule has 1 atom stereocenters. The quantitative estimate of drug-likeness (QED) is 0.525. The van der Waals surface area contributed by atoms with E-state index in [4.69, 9.17) is 21.0 Å². The summed E-state index contributed by atoms with van der Waals surface area (Å²) in [6.07, 6.45) is 1.41. The summed E-state index contributed by atoms with van der Waals surface area (Å²) in [5.74, 6) is 1.34. The van der Waals surface area contributed by atoms with Crippen molar-refractivity contribution >= 4 is 21.6 Å². The minimum absolute atomic E-state index is 0.118. The van der Waals surface area contributed by atoms with E-state index in [1.807, 2.05) is 44.2 Å². The monoisotopic (exact) mass is 430 g/mol. The summed E-state index contributed by atoms with van der Waals surface area (Å²) in [6.45, 7) is 4.51. The molecule has 0 saturated carbocycles. The number of hydrogen-bond donors (Lipinski definition) is 0. The molecule has 29 heavy (non-hydrogen) atoms. The van der Waals surface area contributed by atoms with Crippen molar-refractivity contribution in [1.82, 2.24) is 9.29 Å². The van der Waals surface area contributed by atoms with Crippen LogP contribution in [0.15, 0.2) is 63.9 Å². The molecule has 5 nitrogen and oxygen atoms in total. The Kier molecular flexibility index (Phi) is 5.51. The Bertz CT molecular complexity index is 1110. The largest absolute Gasteiger partial charge is 0.443 e. The fourth-order valence-corrected chi connectivity index (χ4v) is 5.89. The van der Waals surface area contributed by atoms with Crippen molar-refractivity contribution in [3.05, 3.63) is 71.3 Å². The van der Waals surface area contributed by atoms with E-state index in [1.54, 1.807) is 18.2 Å². The predicted octanol–water partition coefficient (Wildman–Crippen LogP) is 5.64. The second-order valence-electron chi connectivity index (χ2n) is 7.49. The van der Waals surface area contributed by atoms with E-state index < -0.39 is 16.1 Å². The van der Waals surface area contributed by atoms with Gasteiger partial charge in [0.25, 0.3) is 0 Å². The van der Waals surface area contributed by atoms with Gasteiger partial charge in [-0.1, -0.05) is 67.9 Å². The van der Waals surface area contributed by atoms with Gasteiger partial charge in [-0.15, -0.1) is 0 Å². The minimum atomic E-state index is -3.75. The molecule has 1 aliphatic heterocycles. The number of nitrogens with zero attached hydrogens (tertiary/aromatic N) is 2. The summed E-state index contributed by atoms with van der Waals surface area (Å²) < 4.78 is 34.2. The van der Waals surface area contributed by atoms with Gasteiger partial charge >= 0.3 is 0 Å². The van der Waals surface area contributed by atoms with Crippen molar-refractivity contribution in [2.24, 2.45) is 0 Å². The van der Waals surface area contributed by atoms with Gasteiger partial charge in [-0.3, -0.25) is 0 Å². The molecule has 1 saturated heterocycles. The molecular formula is C22H23ClN2O3S. The fourth-order valence-electron chi connectivity index (χ4n) is 3.74. The van der Waals surface area contributed by atoms with Crippen LogP contribution in [-0.2, 0) is 10.0 Å². The fraction of sp³-hybridized carbons (Fsp3) is 0.318. The van der Waals surface area contributed by atoms with Crippen LogP contribution in [0.25, 0.3) is 11.3 Å². The van der Waals surface area contributed by atoms with E-state index >= 15 is 0 Å². The number of hydrogen-bond acceptors (Lipinski definition) is 4. The van der Waals surface area contributed by atoms with E-state index in [0.29, 0.717) is 18.9 Å². The average Bonchev–Trinajstić information content (AvgIpc) is 3.36. The smallest absolute Gasteiger partial charge is 0.245 e. The van der Waals surface area contributed by atoms with Crippen LogP contribution in [0.3, 0.4) is 0 Å². The van der Waals surface area contributed by atoms with Crippen LogP contribution in [0.5, 0.6) is 0 Å². The zero-order valence-corrected chi connectivity index (χ0v) is 17.9. The molecule has 0 spiro atoms. The Morgan fingerprint density at radius 3 is 2.48 bits per heavy atom. The van der Waals surface area contributed by atoms with Crippen molar-refractivity contribution < 1.29 is 12.8 Å². The van der Waals surface area contributed by atoms with Gasteiger partial charge in [0, 0.05) is 18.0 Å². The standard InChI is InChI=1S/C22H23ClN2O3S/c1-15(2)21-20(16-9-4-3-5-10-16)24-22(28-21)18-12-8-14-25(18)29(26,27)19-13-7-6-11-17(19)23/h3-7,9-11,13,15,18H,8,12,14H2,1-2H3/t18-/m1/s1. The molecule has 0 unspecified atom stereocenters. The third kappa shape index (κ3) is 3.72. The van der Waals surface area contributed by atoms with Crippen LogP contribution in [0.1, 0.15) is 50.3 Å². The van der Waals surface area contributed by atoms with Crippen molar-refractivity contribution in [3.8, 4) is 11.3 Å². The summed E-state index contributed by atoms with van der Waals surface area (Å²) in [6, 6.07) is 15.9. The highest BCUT2D eigenvalue weighted by Crippen LogP contribution is 2.40. The molecule has 7 heteroatoms. The zero-order chi connectivity index (χ0) is 20.6. The number of aromatic nitrogens is 1. The Morgan fingerprint density at radius 1 is 1.10 bits per heavy atom. The van der Waals surface area contributed by atoms with Crippen LogP contribution in [0.4, 0.5) is 0 Å². The van der Waals surface area contributed by atoms with Crippen LogP contribution in [-0.4, -0.2) is 24.3 Å². The Morgan fingerprint density at radius 2 is 1.79 bits per heavy atom. The van der Waals surface area contributed by atoms with E-state index in [1.165, 1.54) is 10.4 Å². The normalized spacial score (nSPS) is 17.9. The van der Waals surface area contributed by atoms with E-state index in [9.17, 15) is 8.42 Å². The molecule has 1 aliphatic rings.